The average molecular weight is 431 g/mol. The van der Waals surface area contributed by atoms with E-state index in [-0.39, 0.29) is 28.6 Å². The first-order chi connectivity index (χ1) is 14.9. The van der Waals surface area contributed by atoms with E-state index in [0.717, 1.165) is 37.2 Å². The Hall–Kier alpha value is -2.44. The number of carbonyl (C=O) groups excluding carboxylic acids is 2. The molecule has 0 saturated heterocycles. The van der Waals surface area contributed by atoms with E-state index in [1.165, 1.54) is 31.7 Å². The normalized spacial score (nSPS) is 18.3. The minimum atomic E-state index is -0.740. The van der Waals surface area contributed by atoms with Crippen molar-refractivity contribution in [2.75, 3.05) is 13.2 Å². The molecule has 0 spiro atoms. The van der Waals surface area contributed by atoms with Gasteiger partial charge in [0, 0.05) is 6.07 Å². The molecule has 0 unspecified atom stereocenters. The number of carbonyl (C=O) groups is 2. The molecule has 1 aliphatic rings. The molecular formula is C25H34O6. The summed E-state index contributed by atoms with van der Waals surface area (Å²) in [7, 11) is 0. The molecule has 0 aromatic heterocycles. The second-order valence-corrected chi connectivity index (χ2v) is 8.25. The number of rotatable bonds is 11. The standard InChI is InChI=1S/C25H34O6/c1-4-5-6-7-19-8-10-20(11-9-19)21-12-22(30-24(28)17(2)15-26)14-23(13-21)31-25(29)18(3)16-27/h12-14,19-20,26-27H,2-11,15-16H2,1H3. The lowest BCUT2D eigenvalue weighted by Crippen LogP contribution is -2.16. The third-order valence-electron chi connectivity index (χ3n) is 5.82. The minimum absolute atomic E-state index is 0.0646. The molecule has 0 heterocycles. The predicted molar refractivity (Wildman–Crippen MR) is 119 cm³/mol. The average Bonchev–Trinajstić information content (AvgIpc) is 2.78. The monoisotopic (exact) mass is 430 g/mol. The maximum atomic E-state index is 12.1. The summed E-state index contributed by atoms with van der Waals surface area (Å²) in [5.41, 5.74) is 0.805. The van der Waals surface area contributed by atoms with E-state index >= 15 is 0 Å². The minimum Gasteiger partial charge on any atom is -0.423 e. The highest BCUT2D eigenvalue weighted by Crippen LogP contribution is 2.40. The molecule has 1 aromatic rings. The molecule has 0 amide bonds. The Morgan fingerprint density at radius 1 is 0.903 bits per heavy atom. The van der Waals surface area contributed by atoms with Crippen LogP contribution in [0.15, 0.2) is 42.5 Å². The van der Waals surface area contributed by atoms with Gasteiger partial charge in [0.25, 0.3) is 0 Å². The van der Waals surface area contributed by atoms with Gasteiger partial charge in [0.05, 0.1) is 24.4 Å². The topological polar surface area (TPSA) is 93.1 Å². The number of aliphatic hydroxyl groups excluding tert-OH is 2. The van der Waals surface area contributed by atoms with Crippen molar-refractivity contribution in [1.29, 1.82) is 0 Å². The summed E-state index contributed by atoms with van der Waals surface area (Å²) in [5, 5.41) is 18.2. The van der Waals surface area contributed by atoms with Crippen LogP contribution in [-0.4, -0.2) is 35.4 Å². The highest BCUT2D eigenvalue weighted by Gasteiger charge is 2.24. The lowest BCUT2D eigenvalue weighted by atomic mass is 9.77. The number of aliphatic hydroxyl groups is 2. The van der Waals surface area contributed by atoms with Crippen molar-refractivity contribution in [2.24, 2.45) is 5.92 Å². The van der Waals surface area contributed by atoms with Gasteiger partial charge in [-0.15, -0.1) is 0 Å². The maximum Gasteiger partial charge on any atom is 0.341 e. The van der Waals surface area contributed by atoms with Gasteiger partial charge in [-0.1, -0.05) is 45.8 Å². The molecule has 2 N–H and O–H groups in total. The zero-order valence-electron chi connectivity index (χ0n) is 18.4. The molecule has 1 aliphatic carbocycles. The summed E-state index contributed by atoms with van der Waals surface area (Å²) in [6, 6.07) is 5.00. The quantitative estimate of drug-likeness (QED) is 0.233. The van der Waals surface area contributed by atoms with E-state index in [0.29, 0.717) is 0 Å². The van der Waals surface area contributed by atoms with E-state index in [1.54, 1.807) is 12.1 Å². The van der Waals surface area contributed by atoms with Crippen LogP contribution in [-0.2, 0) is 9.59 Å². The zero-order valence-corrected chi connectivity index (χ0v) is 18.4. The summed E-state index contributed by atoms with van der Waals surface area (Å²) in [6.45, 7) is 8.17. The molecule has 0 bridgehead atoms. The van der Waals surface area contributed by atoms with Crippen molar-refractivity contribution in [2.45, 2.75) is 64.2 Å². The van der Waals surface area contributed by atoms with Crippen molar-refractivity contribution in [3.05, 3.63) is 48.1 Å². The number of hydrogen-bond donors (Lipinski definition) is 2. The van der Waals surface area contributed by atoms with Gasteiger partial charge in [0.2, 0.25) is 0 Å². The molecule has 0 atom stereocenters. The summed E-state index contributed by atoms with van der Waals surface area (Å²) in [4.78, 5) is 24.1. The van der Waals surface area contributed by atoms with Crippen molar-refractivity contribution >= 4 is 11.9 Å². The fraction of sp³-hybridized carbons (Fsp3) is 0.520. The van der Waals surface area contributed by atoms with Crippen LogP contribution in [0.3, 0.4) is 0 Å². The molecule has 6 heteroatoms. The third-order valence-corrected chi connectivity index (χ3v) is 5.82. The Kier molecular flexibility index (Phi) is 9.95. The Labute approximate surface area is 184 Å². The highest BCUT2D eigenvalue weighted by atomic mass is 16.5. The van der Waals surface area contributed by atoms with Gasteiger partial charge >= 0.3 is 11.9 Å². The molecule has 170 valence electrons. The number of benzene rings is 1. The third kappa shape index (κ3) is 7.64. The summed E-state index contributed by atoms with van der Waals surface area (Å²) >= 11 is 0. The van der Waals surface area contributed by atoms with Crippen molar-refractivity contribution in [3.8, 4) is 11.5 Å². The van der Waals surface area contributed by atoms with Crippen LogP contribution in [0.2, 0.25) is 0 Å². The van der Waals surface area contributed by atoms with E-state index in [2.05, 4.69) is 20.1 Å². The van der Waals surface area contributed by atoms with E-state index in [1.807, 2.05) is 0 Å². The molecule has 31 heavy (non-hydrogen) atoms. The fourth-order valence-electron chi connectivity index (χ4n) is 3.90. The number of unbranched alkanes of at least 4 members (excludes halogenated alkanes) is 2. The smallest absolute Gasteiger partial charge is 0.341 e. The first-order valence-electron chi connectivity index (χ1n) is 11.0. The largest absolute Gasteiger partial charge is 0.423 e. The Bertz CT molecular complexity index is 741. The molecule has 1 fully saturated rings. The van der Waals surface area contributed by atoms with Gasteiger partial charge in [0.1, 0.15) is 11.5 Å². The molecule has 2 rings (SSSR count). The van der Waals surface area contributed by atoms with Gasteiger partial charge in [-0.25, -0.2) is 9.59 Å². The second-order valence-electron chi connectivity index (χ2n) is 8.25. The SMILES string of the molecule is C=C(CO)C(=O)Oc1cc(OC(=O)C(=C)CO)cc(C2CCC(CCCCC)CC2)c1. The van der Waals surface area contributed by atoms with Crippen LogP contribution in [0.5, 0.6) is 11.5 Å². The van der Waals surface area contributed by atoms with Gasteiger partial charge in [-0.05, 0) is 55.2 Å². The Balaban J connectivity index is 2.17. The molecule has 6 nitrogen and oxygen atoms in total. The van der Waals surface area contributed by atoms with Gasteiger partial charge < -0.3 is 19.7 Å². The van der Waals surface area contributed by atoms with Gasteiger partial charge in [-0.3, -0.25) is 0 Å². The first-order valence-corrected chi connectivity index (χ1v) is 11.0. The summed E-state index contributed by atoms with van der Waals surface area (Å²) in [6.07, 6.45) is 9.40. The maximum absolute atomic E-state index is 12.1. The molecule has 0 radical (unpaired) electrons. The number of ether oxygens (including phenoxy) is 2. The number of esters is 2. The van der Waals surface area contributed by atoms with E-state index < -0.39 is 25.2 Å². The molecule has 0 aliphatic heterocycles. The number of hydrogen-bond acceptors (Lipinski definition) is 6. The van der Waals surface area contributed by atoms with Crippen molar-refractivity contribution < 1.29 is 29.3 Å². The second kappa shape index (κ2) is 12.4. The lowest BCUT2D eigenvalue weighted by molar-refractivity contribution is -0.131. The van der Waals surface area contributed by atoms with Crippen LogP contribution >= 0.6 is 0 Å². The van der Waals surface area contributed by atoms with Crippen LogP contribution in [0, 0.1) is 5.92 Å². The highest BCUT2D eigenvalue weighted by molar-refractivity contribution is 5.90. The zero-order chi connectivity index (χ0) is 22.8. The van der Waals surface area contributed by atoms with Crippen LogP contribution in [0.1, 0.15) is 69.8 Å². The van der Waals surface area contributed by atoms with E-state index in [4.69, 9.17) is 19.7 Å². The van der Waals surface area contributed by atoms with Crippen LogP contribution < -0.4 is 9.47 Å². The Morgan fingerprint density at radius 3 is 1.87 bits per heavy atom. The molecular weight excluding hydrogens is 396 g/mol. The Morgan fingerprint density at radius 2 is 1.42 bits per heavy atom. The van der Waals surface area contributed by atoms with E-state index in [9.17, 15) is 9.59 Å². The van der Waals surface area contributed by atoms with Crippen LogP contribution in [0.4, 0.5) is 0 Å². The molecule has 1 saturated carbocycles. The lowest BCUT2D eigenvalue weighted by Gasteiger charge is -2.29. The fourth-order valence-corrected chi connectivity index (χ4v) is 3.90. The first kappa shape index (κ1) is 24.8. The predicted octanol–water partition coefficient (Wildman–Crippen LogP) is 4.45. The van der Waals surface area contributed by atoms with Crippen molar-refractivity contribution in [3.63, 3.8) is 0 Å². The summed E-state index contributed by atoms with van der Waals surface area (Å²) < 4.78 is 10.7. The van der Waals surface area contributed by atoms with Gasteiger partial charge in [-0.2, -0.15) is 0 Å². The summed E-state index contributed by atoms with van der Waals surface area (Å²) in [5.74, 6) is -0.00528. The van der Waals surface area contributed by atoms with Gasteiger partial charge in [0.15, 0.2) is 0 Å². The van der Waals surface area contributed by atoms with Crippen LogP contribution in [0.25, 0.3) is 0 Å². The molecule has 1 aromatic carbocycles. The van der Waals surface area contributed by atoms with Crippen molar-refractivity contribution in [1.82, 2.24) is 0 Å².